The fraction of sp³-hybridized carbons (Fsp3) is 0.571. The second-order valence-corrected chi connectivity index (χ2v) is 4.18. The van der Waals surface area contributed by atoms with Gasteiger partial charge in [0.15, 0.2) is 0 Å². The number of hydrogen-bond donors (Lipinski definition) is 1. The number of phenolic OH excluding ortho intramolecular Hbond substituents is 1. The van der Waals surface area contributed by atoms with Crippen LogP contribution in [0.4, 0.5) is 0 Å². The second kappa shape index (κ2) is 11.2. The molecular formula is C14H23CsO. The van der Waals surface area contributed by atoms with E-state index in [9.17, 15) is 0 Å². The Morgan fingerprint density at radius 2 is 1.50 bits per heavy atom. The Kier molecular flexibility index (Phi) is 11.9. The third-order valence-corrected chi connectivity index (χ3v) is 2.76. The van der Waals surface area contributed by atoms with Gasteiger partial charge < -0.3 is 6.53 Å². The number of rotatable bonds is 7. The van der Waals surface area contributed by atoms with Crippen LogP contribution in [0.3, 0.4) is 0 Å². The standard InChI is InChI=1S/C14H22O.Cs.H/c1-2-3-4-5-6-7-8-13-9-11-14(15)12-10-13;;/h9-12,15H,2-8H2,1H3;;/q;+1;-1. The fourth-order valence-electron chi connectivity index (χ4n) is 1.77. The third kappa shape index (κ3) is 8.21. The molecule has 0 aliphatic heterocycles. The molecule has 0 amide bonds. The summed E-state index contributed by atoms with van der Waals surface area (Å²) in [6, 6.07) is 7.57. The van der Waals surface area contributed by atoms with Crippen LogP contribution < -0.4 is 68.9 Å². The molecular weight excluding hydrogens is 317 g/mol. The summed E-state index contributed by atoms with van der Waals surface area (Å²) >= 11 is 0. The molecule has 0 aromatic heterocycles. The van der Waals surface area contributed by atoms with Gasteiger partial charge >= 0.3 is 68.9 Å². The van der Waals surface area contributed by atoms with Crippen molar-refractivity contribution in [2.45, 2.75) is 51.9 Å². The van der Waals surface area contributed by atoms with Crippen LogP contribution in [0.15, 0.2) is 24.3 Å². The zero-order valence-electron chi connectivity index (χ0n) is 11.7. The van der Waals surface area contributed by atoms with Crippen LogP contribution in [0.2, 0.25) is 0 Å². The van der Waals surface area contributed by atoms with Gasteiger partial charge in [0, 0.05) is 0 Å². The first-order chi connectivity index (χ1) is 7.33. The van der Waals surface area contributed by atoms with E-state index < -0.39 is 0 Å². The molecule has 0 radical (unpaired) electrons. The molecule has 1 N–H and O–H groups in total. The molecule has 0 aliphatic carbocycles. The van der Waals surface area contributed by atoms with Gasteiger partial charge in [0.1, 0.15) is 5.75 Å². The topological polar surface area (TPSA) is 20.2 Å². The molecule has 0 heterocycles. The summed E-state index contributed by atoms with van der Waals surface area (Å²) < 4.78 is 0. The first kappa shape index (κ1) is 17.1. The van der Waals surface area contributed by atoms with Crippen LogP contribution in [0.1, 0.15) is 52.4 Å². The second-order valence-electron chi connectivity index (χ2n) is 4.18. The minimum Gasteiger partial charge on any atom is -1.00 e. The van der Waals surface area contributed by atoms with E-state index in [0.717, 1.165) is 6.42 Å². The van der Waals surface area contributed by atoms with Crippen molar-refractivity contribution >= 4 is 0 Å². The summed E-state index contributed by atoms with van der Waals surface area (Å²) in [5, 5.41) is 9.13. The molecule has 1 nitrogen and oxygen atoms in total. The van der Waals surface area contributed by atoms with Gasteiger partial charge in [0.25, 0.3) is 0 Å². The molecule has 0 fully saturated rings. The third-order valence-electron chi connectivity index (χ3n) is 2.76. The van der Waals surface area contributed by atoms with Gasteiger partial charge in [-0.1, -0.05) is 51.2 Å². The molecule has 1 aromatic rings. The van der Waals surface area contributed by atoms with Crippen molar-refractivity contribution in [1.82, 2.24) is 0 Å². The predicted molar refractivity (Wildman–Crippen MR) is 66.3 cm³/mol. The van der Waals surface area contributed by atoms with Gasteiger partial charge in [-0.3, -0.25) is 0 Å². The normalized spacial score (nSPS) is 9.81. The van der Waals surface area contributed by atoms with Crippen molar-refractivity contribution in [3.63, 3.8) is 0 Å². The molecule has 86 valence electrons. The van der Waals surface area contributed by atoms with E-state index in [4.69, 9.17) is 5.11 Å². The molecule has 2 heteroatoms. The minimum atomic E-state index is 0. The van der Waals surface area contributed by atoms with Crippen LogP contribution in [0.25, 0.3) is 0 Å². The first-order valence-corrected chi connectivity index (χ1v) is 6.11. The van der Waals surface area contributed by atoms with E-state index in [0.29, 0.717) is 5.75 Å². The van der Waals surface area contributed by atoms with Crippen molar-refractivity contribution < 1.29 is 75.4 Å². The van der Waals surface area contributed by atoms with Crippen LogP contribution >= 0.6 is 0 Å². The zero-order valence-corrected chi connectivity index (χ0v) is 17.0. The van der Waals surface area contributed by atoms with Crippen LogP contribution in [-0.2, 0) is 6.42 Å². The van der Waals surface area contributed by atoms with E-state index in [1.807, 2.05) is 12.1 Å². The molecule has 0 saturated carbocycles. The van der Waals surface area contributed by atoms with Gasteiger partial charge in [-0.15, -0.1) is 0 Å². The van der Waals surface area contributed by atoms with Gasteiger partial charge in [-0.2, -0.15) is 0 Å². The number of aromatic hydroxyl groups is 1. The Morgan fingerprint density at radius 3 is 2.12 bits per heavy atom. The number of phenols is 1. The van der Waals surface area contributed by atoms with Gasteiger partial charge in [-0.25, -0.2) is 0 Å². The predicted octanol–water partition coefficient (Wildman–Crippen LogP) is 1.41. The van der Waals surface area contributed by atoms with E-state index in [2.05, 4.69) is 6.92 Å². The van der Waals surface area contributed by atoms with Crippen molar-refractivity contribution in [3.05, 3.63) is 29.8 Å². The molecule has 1 rings (SSSR count). The average Bonchev–Trinajstić information content (AvgIpc) is 2.26. The minimum absolute atomic E-state index is 0. The van der Waals surface area contributed by atoms with Crippen molar-refractivity contribution in [3.8, 4) is 5.75 Å². The van der Waals surface area contributed by atoms with Gasteiger partial charge in [-0.05, 0) is 30.5 Å². The Balaban J connectivity index is 0. The number of benzene rings is 1. The maximum Gasteiger partial charge on any atom is 1.00 e. The zero-order chi connectivity index (χ0) is 10.9. The smallest absolute Gasteiger partial charge is 1.00 e. The maximum absolute atomic E-state index is 9.13. The summed E-state index contributed by atoms with van der Waals surface area (Å²) in [5.74, 6) is 0.363. The fourth-order valence-corrected chi connectivity index (χ4v) is 1.77. The van der Waals surface area contributed by atoms with Crippen molar-refractivity contribution in [2.75, 3.05) is 0 Å². The maximum atomic E-state index is 9.13. The number of unbranched alkanes of at least 4 members (excludes halogenated alkanes) is 5. The summed E-state index contributed by atoms with van der Waals surface area (Å²) in [4.78, 5) is 0. The Hall–Kier alpha value is 1.07. The average molecular weight is 340 g/mol. The quantitative estimate of drug-likeness (QED) is 0.745. The summed E-state index contributed by atoms with van der Waals surface area (Å²) in [6.45, 7) is 2.25. The number of hydrogen-bond acceptors (Lipinski definition) is 1. The molecule has 0 bridgehead atoms. The number of aryl methyl sites for hydroxylation is 1. The summed E-state index contributed by atoms with van der Waals surface area (Å²) in [6.07, 6.45) is 9.19. The Labute approximate surface area is 160 Å². The van der Waals surface area contributed by atoms with Crippen LogP contribution in [0, 0.1) is 0 Å². The van der Waals surface area contributed by atoms with Gasteiger partial charge in [0.05, 0.1) is 0 Å². The Bertz CT molecular complexity index is 261. The van der Waals surface area contributed by atoms with E-state index in [1.54, 1.807) is 12.1 Å². The van der Waals surface area contributed by atoms with E-state index in [-0.39, 0.29) is 70.3 Å². The van der Waals surface area contributed by atoms with Crippen molar-refractivity contribution in [1.29, 1.82) is 0 Å². The monoisotopic (exact) mass is 340 g/mol. The molecule has 0 spiro atoms. The van der Waals surface area contributed by atoms with E-state index >= 15 is 0 Å². The first-order valence-electron chi connectivity index (χ1n) is 6.11. The molecule has 1 aromatic carbocycles. The van der Waals surface area contributed by atoms with Crippen LogP contribution in [-0.4, -0.2) is 5.11 Å². The molecule has 0 saturated heterocycles. The van der Waals surface area contributed by atoms with Crippen molar-refractivity contribution in [2.24, 2.45) is 0 Å². The Morgan fingerprint density at radius 1 is 0.938 bits per heavy atom. The SMILES string of the molecule is CCCCCCCCc1ccc(O)cc1.[Cs+].[H-]. The molecule has 16 heavy (non-hydrogen) atoms. The van der Waals surface area contributed by atoms with E-state index in [1.165, 1.54) is 44.1 Å². The summed E-state index contributed by atoms with van der Waals surface area (Å²) in [5.41, 5.74) is 1.34. The van der Waals surface area contributed by atoms with Gasteiger partial charge in [0.2, 0.25) is 0 Å². The molecule has 0 aliphatic rings. The van der Waals surface area contributed by atoms with Crippen LogP contribution in [0.5, 0.6) is 5.75 Å². The summed E-state index contributed by atoms with van der Waals surface area (Å²) in [7, 11) is 0. The molecule has 0 unspecified atom stereocenters. The largest absolute Gasteiger partial charge is 1.00 e. The molecule has 0 atom stereocenters.